The normalized spacial score (nSPS) is 11.1. The standard InChI is InChI=1S/C23H15N3O2/c27-22-15-7-2-4-10-18(15)24-19-11-5-8-16(21(19)22)23(28)26-20-13-12-14-6-1-3-9-17(14)25-20/h1-13H,(H,24,27)(H,25,26,28). The van der Waals surface area contributed by atoms with Gasteiger partial charge in [-0.2, -0.15) is 0 Å². The van der Waals surface area contributed by atoms with E-state index in [2.05, 4.69) is 15.3 Å². The fourth-order valence-electron chi connectivity index (χ4n) is 3.48. The molecular formula is C23H15N3O2. The molecule has 5 heteroatoms. The summed E-state index contributed by atoms with van der Waals surface area (Å²) in [7, 11) is 0. The summed E-state index contributed by atoms with van der Waals surface area (Å²) in [6.45, 7) is 0. The highest BCUT2D eigenvalue weighted by Gasteiger charge is 2.15. The number of aromatic nitrogens is 2. The van der Waals surface area contributed by atoms with E-state index in [0.29, 0.717) is 27.7 Å². The Morgan fingerprint density at radius 2 is 1.61 bits per heavy atom. The quantitative estimate of drug-likeness (QED) is 0.453. The molecule has 5 aromatic rings. The monoisotopic (exact) mass is 365 g/mol. The lowest BCUT2D eigenvalue weighted by atomic mass is 10.0. The molecule has 0 atom stereocenters. The predicted octanol–water partition coefficient (Wildman–Crippen LogP) is 4.48. The molecule has 0 radical (unpaired) electrons. The number of amides is 1. The van der Waals surface area contributed by atoms with Gasteiger partial charge < -0.3 is 10.3 Å². The van der Waals surface area contributed by atoms with Gasteiger partial charge in [0.1, 0.15) is 5.82 Å². The molecule has 2 heterocycles. The Morgan fingerprint density at radius 1 is 0.821 bits per heavy atom. The van der Waals surface area contributed by atoms with E-state index in [1.165, 1.54) is 0 Å². The number of hydrogen-bond donors (Lipinski definition) is 2. The topological polar surface area (TPSA) is 74.8 Å². The van der Waals surface area contributed by atoms with Crippen molar-refractivity contribution in [3.05, 3.63) is 94.6 Å². The predicted molar refractivity (Wildman–Crippen MR) is 112 cm³/mol. The van der Waals surface area contributed by atoms with Gasteiger partial charge in [-0.25, -0.2) is 4.98 Å². The third kappa shape index (κ3) is 2.61. The van der Waals surface area contributed by atoms with Crippen molar-refractivity contribution in [2.75, 3.05) is 5.32 Å². The van der Waals surface area contributed by atoms with Crippen LogP contribution >= 0.6 is 0 Å². The molecule has 5 nitrogen and oxygen atoms in total. The molecule has 5 rings (SSSR count). The van der Waals surface area contributed by atoms with E-state index in [1.807, 2.05) is 48.5 Å². The number of hydrogen-bond acceptors (Lipinski definition) is 3. The molecule has 0 saturated carbocycles. The van der Waals surface area contributed by atoms with Crippen molar-refractivity contribution in [3.8, 4) is 0 Å². The van der Waals surface area contributed by atoms with Crippen molar-refractivity contribution in [3.63, 3.8) is 0 Å². The minimum absolute atomic E-state index is 0.165. The summed E-state index contributed by atoms with van der Waals surface area (Å²) in [6, 6.07) is 23.8. The average Bonchev–Trinajstić information content (AvgIpc) is 2.73. The number of carbonyl (C=O) groups excluding carboxylic acids is 1. The van der Waals surface area contributed by atoms with Crippen molar-refractivity contribution in [2.45, 2.75) is 0 Å². The first-order valence-electron chi connectivity index (χ1n) is 8.91. The van der Waals surface area contributed by atoms with E-state index >= 15 is 0 Å². The van der Waals surface area contributed by atoms with Gasteiger partial charge in [-0.15, -0.1) is 0 Å². The van der Waals surface area contributed by atoms with Gasteiger partial charge in [0.15, 0.2) is 5.43 Å². The maximum Gasteiger partial charge on any atom is 0.257 e. The largest absolute Gasteiger partial charge is 0.354 e. The number of nitrogens with zero attached hydrogens (tertiary/aromatic N) is 1. The zero-order chi connectivity index (χ0) is 19.1. The number of nitrogens with one attached hydrogen (secondary N) is 2. The summed E-state index contributed by atoms with van der Waals surface area (Å²) in [5.74, 6) is 0.0760. The zero-order valence-electron chi connectivity index (χ0n) is 14.8. The lowest BCUT2D eigenvalue weighted by molar-refractivity contribution is 0.102. The number of rotatable bonds is 2. The Balaban J connectivity index is 1.62. The fourth-order valence-corrected chi connectivity index (χ4v) is 3.48. The molecule has 0 saturated heterocycles. The lowest BCUT2D eigenvalue weighted by Crippen LogP contribution is -2.17. The van der Waals surface area contributed by atoms with Crippen LogP contribution < -0.4 is 10.7 Å². The Bertz CT molecular complexity index is 1440. The van der Waals surface area contributed by atoms with Crippen LogP contribution in [-0.2, 0) is 0 Å². The van der Waals surface area contributed by atoms with Crippen LogP contribution in [0.3, 0.4) is 0 Å². The highest BCUT2D eigenvalue weighted by molar-refractivity contribution is 6.13. The van der Waals surface area contributed by atoms with Gasteiger partial charge in [0.2, 0.25) is 0 Å². The van der Waals surface area contributed by atoms with Crippen molar-refractivity contribution in [1.29, 1.82) is 0 Å². The number of aromatic amines is 1. The summed E-state index contributed by atoms with van der Waals surface area (Å²) in [6.07, 6.45) is 0. The number of para-hydroxylation sites is 2. The maximum atomic E-state index is 13.0. The third-order valence-electron chi connectivity index (χ3n) is 4.82. The summed E-state index contributed by atoms with van der Waals surface area (Å²) in [4.78, 5) is 33.7. The molecule has 0 fully saturated rings. The first kappa shape index (κ1) is 16.2. The van der Waals surface area contributed by atoms with Gasteiger partial charge in [0, 0.05) is 16.3 Å². The third-order valence-corrected chi connectivity index (χ3v) is 4.82. The molecule has 0 unspecified atom stereocenters. The molecule has 0 bridgehead atoms. The first-order valence-corrected chi connectivity index (χ1v) is 8.91. The van der Waals surface area contributed by atoms with E-state index in [9.17, 15) is 9.59 Å². The maximum absolute atomic E-state index is 13.0. The molecule has 2 N–H and O–H groups in total. The van der Waals surface area contributed by atoms with Crippen molar-refractivity contribution in [1.82, 2.24) is 9.97 Å². The molecule has 0 aliphatic heterocycles. The van der Waals surface area contributed by atoms with Gasteiger partial charge in [-0.3, -0.25) is 9.59 Å². The second kappa shape index (κ2) is 6.32. The Morgan fingerprint density at radius 3 is 2.54 bits per heavy atom. The zero-order valence-corrected chi connectivity index (χ0v) is 14.8. The van der Waals surface area contributed by atoms with Gasteiger partial charge in [-0.1, -0.05) is 36.4 Å². The molecule has 0 aliphatic carbocycles. The second-order valence-electron chi connectivity index (χ2n) is 6.57. The van der Waals surface area contributed by atoms with Crippen molar-refractivity contribution < 1.29 is 4.79 Å². The van der Waals surface area contributed by atoms with Gasteiger partial charge in [-0.05, 0) is 42.5 Å². The van der Waals surface area contributed by atoms with Crippen LogP contribution in [0.5, 0.6) is 0 Å². The van der Waals surface area contributed by atoms with Gasteiger partial charge in [0.25, 0.3) is 5.91 Å². The Kier molecular flexibility index (Phi) is 3.66. The van der Waals surface area contributed by atoms with E-state index < -0.39 is 0 Å². The summed E-state index contributed by atoms with van der Waals surface area (Å²) >= 11 is 0. The van der Waals surface area contributed by atoms with Crippen LogP contribution in [0, 0.1) is 0 Å². The smallest absolute Gasteiger partial charge is 0.257 e. The second-order valence-corrected chi connectivity index (χ2v) is 6.57. The molecule has 134 valence electrons. The number of H-pyrrole nitrogens is 1. The molecule has 0 spiro atoms. The molecular weight excluding hydrogens is 350 g/mol. The van der Waals surface area contributed by atoms with Crippen LogP contribution in [-0.4, -0.2) is 15.9 Å². The molecule has 28 heavy (non-hydrogen) atoms. The van der Waals surface area contributed by atoms with Gasteiger partial charge in [0.05, 0.1) is 22.0 Å². The van der Waals surface area contributed by atoms with Gasteiger partial charge >= 0.3 is 0 Å². The number of pyridine rings is 2. The SMILES string of the molecule is O=C(Nc1ccc2ccccc2n1)c1cccc2[nH]c3ccccc3c(=O)c12. The number of anilines is 1. The molecule has 3 aromatic carbocycles. The highest BCUT2D eigenvalue weighted by Crippen LogP contribution is 2.20. The molecule has 1 amide bonds. The van der Waals surface area contributed by atoms with Crippen LogP contribution in [0.25, 0.3) is 32.7 Å². The minimum atomic E-state index is -0.367. The minimum Gasteiger partial charge on any atom is -0.354 e. The van der Waals surface area contributed by atoms with Crippen LogP contribution in [0.4, 0.5) is 5.82 Å². The summed E-state index contributed by atoms with van der Waals surface area (Å²) in [5.41, 5.74) is 2.32. The molecule has 2 aromatic heterocycles. The van der Waals surface area contributed by atoms with E-state index in [0.717, 1.165) is 16.4 Å². The van der Waals surface area contributed by atoms with E-state index in [4.69, 9.17) is 0 Å². The molecule has 0 aliphatic rings. The number of benzene rings is 3. The average molecular weight is 365 g/mol. The van der Waals surface area contributed by atoms with E-state index in [-0.39, 0.29) is 11.3 Å². The van der Waals surface area contributed by atoms with Crippen LogP contribution in [0.1, 0.15) is 10.4 Å². The highest BCUT2D eigenvalue weighted by atomic mass is 16.2. The number of carbonyl (C=O) groups is 1. The van der Waals surface area contributed by atoms with Crippen molar-refractivity contribution in [2.24, 2.45) is 0 Å². The Hall–Kier alpha value is -3.99. The van der Waals surface area contributed by atoms with Crippen LogP contribution in [0.2, 0.25) is 0 Å². The van der Waals surface area contributed by atoms with E-state index in [1.54, 1.807) is 30.3 Å². The van der Waals surface area contributed by atoms with Crippen LogP contribution in [0.15, 0.2) is 83.7 Å². The number of fused-ring (bicyclic) bond motifs is 3. The Labute approximate surface area is 159 Å². The fraction of sp³-hybridized carbons (Fsp3) is 0. The summed E-state index contributed by atoms with van der Waals surface area (Å²) in [5, 5.41) is 4.74. The lowest BCUT2D eigenvalue weighted by Gasteiger charge is -2.09. The first-order chi connectivity index (χ1) is 13.7. The summed E-state index contributed by atoms with van der Waals surface area (Å²) < 4.78 is 0. The van der Waals surface area contributed by atoms with Crippen molar-refractivity contribution >= 4 is 44.4 Å².